The Morgan fingerprint density at radius 2 is 1.83 bits per heavy atom. The molecule has 0 bridgehead atoms. The molecule has 0 aliphatic carbocycles. The molecular weight excluding hydrogens is 470 g/mol. The van der Waals surface area contributed by atoms with Crippen LogP contribution in [0.1, 0.15) is 29.3 Å². The summed E-state index contributed by atoms with van der Waals surface area (Å²) in [4.78, 5) is 13.3. The summed E-state index contributed by atoms with van der Waals surface area (Å²) in [5.74, 6) is 0.978. The van der Waals surface area contributed by atoms with E-state index >= 15 is 0 Å². The Balaban J connectivity index is 1.38. The SMILES string of the molecule is Cc1ccc(C2=NN(C(=O)CN(C)S(=O)(=O)c3ccc4c(c3)OCCO4)C(c3ccco3)C2)cc1. The van der Waals surface area contributed by atoms with E-state index in [1.165, 1.54) is 24.2 Å². The second kappa shape index (κ2) is 9.20. The van der Waals surface area contributed by atoms with Crippen LogP contribution in [0.4, 0.5) is 0 Å². The van der Waals surface area contributed by atoms with E-state index in [9.17, 15) is 13.2 Å². The van der Waals surface area contributed by atoms with E-state index in [1.54, 1.807) is 24.5 Å². The van der Waals surface area contributed by atoms with Gasteiger partial charge in [-0.05, 0) is 36.8 Å². The van der Waals surface area contributed by atoms with Gasteiger partial charge in [0.05, 0.1) is 23.4 Å². The van der Waals surface area contributed by atoms with Crippen LogP contribution in [0.5, 0.6) is 11.5 Å². The molecule has 5 rings (SSSR count). The largest absolute Gasteiger partial charge is 0.486 e. The molecule has 2 aliphatic rings. The maximum Gasteiger partial charge on any atom is 0.258 e. The lowest BCUT2D eigenvalue weighted by Crippen LogP contribution is -2.39. The van der Waals surface area contributed by atoms with Gasteiger partial charge >= 0.3 is 0 Å². The Morgan fingerprint density at radius 3 is 2.54 bits per heavy atom. The minimum Gasteiger partial charge on any atom is -0.486 e. The van der Waals surface area contributed by atoms with Crippen LogP contribution >= 0.6 is 0 Å². The van der Waals surface area contributed by atoms with Crippen LogP contribution in [-0.4, -0.2) is 56.2 Å². The molecule has 0 N–H and O–H groups in total. The average Bonchev–Trinajstić information content (AvgIpc) is 3.54. The third-order valence-electron chi connectivity index (χ3n) is 6.00. The molecule has 35 heavy (non-hydrogen) atoms. The second-order valence-corrected chi connectivity index (χ2v) is 10.5. The Hall–Kier alpha value is -3.63. The Morgan fingerprint density at radius 1 is 1.09 bits per heavy atom. The first-order chi connectivity index (χ1) is 16.8. The highest BCUT2D eigenvalue weighted by atomic mass is 32.2. The molecule has 10 heteroatoms. The zero-order chi connectivity index (χ0) is 24.6. The highest BCUT2D eigenvalue weighted by molar-refractivity contribution is 7.89. The monoisotopic (exact) mass is 495 g/mol. The van der Waals surface area contributed by atoms with Gasteiger partial charge in [-0.1, -0.05) is 29.8 Å². The van der Waals surface area contributed by atoms with Gasteiger partial charge in [-0.2, -0.15) is 9.41 Å². The number of hydrogen-bond acceptors (Lipinski definition) is 7. The molecule has 182 valence electrons. The van der Waals surface area contributed by atoms with Crippen molar-refractivity contribution in [1.82, 2.24) is 9.31 Å². The first kappa shape index (κ1) is 23.1. The van der Waals surface area contributed by atoms with E-state index in [0.29, 0.717) is 36.9 Å². The molecule has 0 saturated carbocycles. The van der Waals surface area contributed by atoms with Gasteiger partial charge < -0.3 is 13.9 Å². The highest BCUT2D eigenvalue weighted by Gasteiger charge is 2.36. The lowest BCUT2D eigenvalue weighted by atomic mass is 10.0. The number of furan rings is 1. The summed E-state index contributed by atoms with van der Waals surface area (Å²) < 4.78 is 44.0. The number of carbonyl (C=O) groups excluding carboxylic acids is 1. The van der Waals surface area contributed by atoms with Gasteiger partial charge in [-0.25, -0.2) is 13.4 Å². The van der Waals surface area contributed by atoms with Gasteiger partial charge in [0.2, 0.25) is 10.0 Å². The van der Waals surface area contributed by atoms with Crippen molar-refractivity contribution in [2.75, 3.05) is 26.8 Å². The molecule has 0 saturated heterocycles. The quantitative estimate of drug-likeness (QED) is 0.520. The van der Waals surface area contributed by atoms with Crippen LogP contribution < -0.4 is 9.47 Å². The molecule has 1 atom stereocenters. The van der Waals surface area contributed by atoms with Gasteiger partial charge in [0, 0.05) is 19.5 Å². The zero-order valence-corrected chi connectivity index (χ0v) is 20.2. The molecule has 1 aromatic heterocycles. The number of ether oxygens (including phenoxy) is 2. The van der Waals surface area contributed by atoms with E-state index in [-0.39, 0.29) is 4.90 Å². The summed E-state index contributed by atoms with van der Waals surface area (Å²) in [6.07, 6.45) is 2.00. The number of fused-ring (bicyclic) bond motifs is 1. The normalized spacial score (nSPS) is 17.5. The molecule has 1 amide bonds. The smallest absolute Gasteiger partial charge is 0.258 e. The number of aryl methyl sites for hydroxylation is 1. The fraction of sp³-hybridized carbons (Fsp3) is 0.280. The van der Waals surface area contributed by atoms with Gasteiger partial charge in [0.25, 0.3) is 5.91 Å². The molecule has 9 nitrogen and oxygen atoms in total. The minimum absolute atomic E-state index is 0.0184. The van der Waals surface area contributed by atoms with Gasteiger partial charge in [-0.15, -0.1) is 0 Å². The van der Waals surface area contributed by atoms with Crippen molar-refractivity contribution in [3.8, 4) is 11.5 Å². The zero-order valence-electron chi connectivity index (χ0n) is 19.4. The standard InChI is InChI=1S/C25H25N3O6S/c1-17-5-7-18(8-6-17)20-15-21(22-4-3-11-32-22)28(26-20)25(29)16-27(2)35(30,31)19-9-10-23-24(14-19)34-13-12-33-23/h3-11,14,21H,12-13,15-16H2,1-2H3. The molecule has 2 aliphatic heterocycles. The fourth-order valence-electron chi connectivity index (χ4n) is 4.08. The maximum atomic E-state index is 13.3. The summed E-state index contributed by atoms with van der Waals surface area (Å²) >= 11 is 0. The average molecular weight is 496 g/mol. The van der Waals surface area contributed by atoms with Gasteiger partial charge in [0.1, 0.15) is 25.0 Å². The van der Waals surface area contributed by atoms with E-state index < -0.39 is 28.5 Å². The van der Waals surface area contributed by atoms with Crippen molar-refractivity contribution in [3.63, 3.8) is 0 Å². The Kier molecular flexibility index (Phi) is 6.08. The van der Waals surface area contributed by atoms with E-state index in [4.69, 9.17) is 13.9 Å². The summed E-state index contributed by atoms with van der Waals surface area (Å²) in [7, 11) is -2.59. The molecule has 3 aromatic rings. The van der Waals surface area contributed by atoms with E-state index in [1.807, 2.05) is 31.2 Å². The summed E-state index contributed by atoms with van der Waals surface area (Å²) in [5.41, 5.74) is 2.76. The number of hydrazone groups is 1. The molecular formula is C25H25N3O6S. The van der Waals surface area contributed by atoms with Crippen LogP contribution in [0.2, 0.25) is 0 Å². The third kappa shape index (κ3) is 4.54. The summed E-state index contributed by atoms with van der Waals surface area (Å²) in [6, 6.07) is 15.4. The third-order valence-corrected chi connectivity index (χ3v) is 7.80. The van der Waals surface area contributed by atoms with E-state index in [2.05, 4.69) is 5.10 Å². The van der Waals surface area contributed by atoms with E-state index in [0.717, 1.165) is 21.1 Å². The van der Waals surface area contributed by atoms with Crippen molar-refractivity contribution in [1.29, 1.82) is 0 Å². The first-order valence-corrected chi connectivity index (χ1v) is 12.6. The Bertz CT molecular complexity index is 1370. The molecule has 0 radical (unpaired) electrons. The van der Waals surface area contributed by atoms with Crippen molar-refractivity contribution >= 4 is 21.6 Å². The van der Waals surface area contributed by atoms with Crippen molar-refractivity contribution < 1.29 is 27.1 Å². The topological polar surface area (TPSA) is 102 Å². The Labute approximate surface area is 203 Å². The van der Waals surface area contributed by atoms with Crippen LogP contribution in [0, 0.1) is 6.92 Å². The number of likely N-dealkylation sites (N-methyl/N-ethyl adjacent to an activating group) is 1. The maximum absolute atomic E-state index is 13.3. The number of rotatable bonds is 6. The highest BCUT2D eigenvalue weighted by Crippen LogP contribution is 2.35. The summed E-state index contributed by atoms with van der Waals surface area (Å²) in [6.45, 7) is 2.36. The summed E-state index contributed by atoms with van der Waals surface area (Å²) in [5, 5.41) is 5.90. The predicted molar refractivity (Wildman–Crippen MR) is 128 cm³/mol. The lowest BCUT2D eigenvalue weighted by molar-refractivity contribution is -0.133. The predicted octanol–water partition coefficient (Wildman–Crippen LogP) is 3.36. The van der Waals surface area contributed by atoms with Crippen molar-refractivity contribution in [2.24, 2.45) is 5.10 Å². The number of carbonyl (C=O) groups is 1. The van der Waals surface area contributed by atoms with Crippen LogP contribution in [0.15, 0.2) is 75.3 Å². The molecule has 3 heterocycles. The number of amides is 1. The number of nitrogens with zero attached hydrogens (tertiary/aromatic N) is 3. The molecule has 0 fully saturated rings. The number of hydrogen-bond donors (Lipinski definition) is 0. The molecule has 0 spiro atoms. The lowest BCUT2D eigenvalue weighted by Gasteiger charge is -2.24. The fourth-order valence-corrected chi connectivity index (χ4v) is 5.21. The number of sulfonamides is 1. The van der Waals surface area contributed by atoms with Gasteiger partial charge in [-0.3, -0.25) is 4.79 Å². The second-order valence-electron chi connectivity index (χ2n) is 8.45. The van der Waals surface area contributed by atoms with Crippen LogP contribution in [-0.2, 0) is 14.8 Å². The number of benzene rings is 2. The van der Waals surface area contributed by atoms with Crippen molar-refractivity contribution in [3.05, 3.63) is 77.7 Å². The van der Waals surface area contributed by atoms with Crippen molar-refractivity contribution in [2.45, 2.75) is 24.3 Å². The first-order valence-electron chi connectivity index (χ1n) is 11.2. The van der Waals surface area contributed by atoms with Crippen LogP contribution in [0.25, 0.3) is 0 Å². The van der Waals surface area contributed by atoms with Crippen LogP contribution in [0.3, 0.4) is 0 Å². The minimum atomic E-state index is -3.96. The molecule has 2 aromatic carbocycles. The van der Waals surface area contributed by atoms with Gasteiger partial charge in [0.15, 0.2) is 11.5 Å². The molecule has 1 unspecified atom stereocenters.